The van der Waals surface area contributed by atoms with Gasteiger partial charge in [-0.25, -0.2) is 0 Å². The van der Waals surface area contributed by atoms with Crippen LogP contribution in [0.3, 0.4) is 0 Å². The van der Waals surface area contributed by atoms with Crippen LogP contribution in [0.4, 0.5) is 0 Å². The van der Waals surface area contributed by atoms with Crippen LogP contribution in [0.25, 0.3) is 10.8 Å². The lowest BCUT2D eigenvalue weighted by Gasteiger charge is -2.24. The smallest absolute Gasteiger partial charge is 0.253 e. The second-order valence-electron chi connectivity index (χ2n) is 9.09. The molecule has 4 rings (SSSR count). The molecular weight excluding hydrogens is 426 g/mol. The number of methoxy groups -OCH3 is 1. The molecule has 1 fully saturated rings. The first-order valence-corrected chi connectivity index (χ1v) is 11.8. The van der Waals surface area contributed by atoms with Crippen LogP contribution in [0.2, 0.25) is 0 Å². The third-order valence-electron chi connectivity index (χ3n) is 6.46. The van der Waals surface area contributed by atoms with Crippen molar-refractivity contribution in [1.29, 1.82) is 0 Å². The highest BCUT2D eigenvalue weighted by Crippen LogP contribution is 2.22. The summed E-state index contributed by atoms with van der Waals surface area (Å²) in [7, 11) is 3.52. The third kappa shape index (κ3) is 5.75. The summed E-state index contributed by atoms with van der Waals surface area (Å²) in [5, 5.41) is 2.25. The molecule has 0 spiro atoms. The second kappa shape index (κ2) is 10.7. The molecule has 6 heteroatoms. The monoisotopic (exact) mass is 459 g/mol. The Hall–Kier alpha value is -3.38. The van der Waals surface area contributed by atoms with Crippen LogP contribution >= 0.6 is 0 Å². The molecule has 6 nitrogen and oxygen atoms in total. The lowest BCUT2D eigenvalue weighted by molar-refractivity contribution is -0.131. The molecule has 34 heavy (non-hydrogen) atoms. The van der Waals surface area contributed by atoms with Gasteiger partial charge in [-0.1, -0.05) is 35.9 Å². The molecule has 178 valence electrons. The number of carbonyl (C=O) groups is 2. The minimum Gasteiger partial charge on any atom is -0.497 e. The first-order valence-electron chi connectivity index (χ1n) is 11.8. The molecule has 3 aromatic carbocycles. The van der Waals surface area contributed by atoms with Crippen LogP contribution < -0.4 is 4.74 Å². The van der Waals surface area contributed by atoms with E-state index in [9.17, 15) is 9.59 Å². The van der Waals surface area contributed by atoms with E-state index in [4.69, 9.17) is 4.74 Å². The Balaban J connectivity index is 1.31. The maximum absolute atomic E-state index is 12.9. The molecular formula is C28H33N3O3. The van der Waals surface area contributed by atoms with Gasteiger partial charge in [-0.3, -0.25) is 14.5 Å². The number of ether oxygens (including phenoxy) is 1. The Morgan fingerprint density at radius 2 is 1.74 bits per heavy atom. The van der Waals surface area contributed by atoms with Crippen molar-refractivity contribution < 1.29 is 14.3 Å². The van der Waals surface area contributed by atoms with Gasteiger partial charge in [0.1, 0.15) is 5.75 Å². The molecule has 1 saturated heterocycles. The molecule has 0 unspecified atom stereocenters. The third-order valence-corrected chi connectivity index (χ3v) is 6.46. The van der Waals surface area contributed by atoms with Crippen LogP contribution in [-0.2, 0) is 11.3 Å². The predicted octanol–water partition coefficient (Wildman–Crippen LogP) is 3.96. The second-order valence-corrected chi connectivity index (χ2v) is 9.09. The minimum absolute atomic E-state index is 0.0721. The Kier molecular flexibility index (Phi) is 7.48. The minimum atomic E-state index is 0.0721. The number of hydrogen-bond donors (Lipinski definition) is 0. The quantitative estimate of drug-likeness (QED) is 0.560. The zero-order valence-electron chi connectivity index (χ0n) is 20.3. The summed E-state index contributed by atoms with van der Waals surface area (Å²) in [4.78, 5) is 31.7. The Morgan fingerprint density at radius 1 is 0.941 bits per heavy atom. The average molecular weight is 460 g/mol. The van der Waals surface area contributed by atoms with E-state index in [2.05, 4.69) is 23.1 Å². The SMILES string of the molecule is COc1ccc2cc(CN(C)C(=O)CN3CCCN(C(=O)c4cccc(C)c4)CC3)ccc2c1. The summed E-state index contributed by atoms with van der Waals surface area (Å²) in [6.07, 6.45) is 0.864. The van der Waals surface area contributed by atoms with Gasteiger partial charge in [0.25, 0.3) is 5.91 Å². The summed E-state index contributed by atoms with van der Waals surface area (Å²) in [5.41, 5.74) is 2.92. The van der Waals surface area contributed by atoms with Gasteiger partial charge in [0.2, 0.25) is 5.91 Å². The van der Waals surface area contributed by atoms with Crippen molar-refractivity contribution in [2.24, 2.45) is 0 Å². The van der Waals surface area contributed by atoms with E-state index in [1.54, 1.807) is 12.0 Å². The summed E-state index contributed by atoms with van der Waals surface area (Å²) in [5.74, 6) is 1.00. The van der Waals surface area contributed by atoms with E-state index in [1.165, 1.54) is 0 Å². The van der Waals surface area contributed by atoms with Gasteiger partial charge < -0.3 is 14.5 Å². The van der Waals surface area contributed by atoms with Crippen molar-refractivity contribution in [3.8, 4) is 5.75 Å². The van der Waals surface area contributed by atoms with Crippen molar-refractivity contribution in [1.82, 2.24) is 14.7 Å². The van der Waals surface area contributed by atoms with E-state index < -0.39 is 0 Å². The summed E-state index contributed by atoms with van der Waals surface area (Å²) in [6, 6.07) is 20.0. The largest absolute Gasteiger partial charge is 0.497 e. The van der Waals surface area contributed by atoms with Gasteiger partial charge in [-0.2, -0.15) is 0 Å². The molecule has 1 heterocycles. The van der Waals surface area contributed by atoms with E-state index in [0.29, 0.717) is 26.2 Å². The van der Waals surface area contributed by atoms with Crippen LogP contribution in [0.5, 0.6) is 5.75 Å². The van der Waals surface area contributed by atoms with Crippen LogP contribution in [0.15, 0.2) is 60.7 Å². The van der Waals surface area contributed by atoms with Gasteiger partial charge in [0, 0.05) is 45.3 Å². The molecule has 0 aliphatic carbocycles. The van der Waals surface area contributed by atoms with Gasteiger partial charge >= 0.3 is 0 Å². The number of aryl methyl sites for hydroxylation is 1. The fraction of sp³-hybridized carbons (Fsp3) is 0.357. The molecule has 0 aromatic heterocycles. The van der Waals surface area contributed by atoms with Gasteiger partial charge in [-0.15, -0.1) is 0 Å². The summed E-state index contributed by atoms with van der Waals surface area (Å²) >= 11 is 0. The standard InChI is InChI=1S/C28H33N3O3/c1-21-6-4-7-25(16-21)28(33)31-13-5-12-30(14-15-31)20-27(32)29(2)19-22-8-9-24-18-26(34-3)11-10-23(24)17-22/h4,6-11,16-18H,5,12-15,19-20H2,1-3H3. The van der Waals surface area contributed by atoms with E-state index in [-0.39, 0.29) is 11.8 Å². The zero-order valence-corrected chi connectivity index (χ0v) is 20.3. The lowest BCUT2D eigenvalue weighted by atomic mass is 10.1. The van der Waals surface area contributed by atoms with Crippen molar-refractivity contribution in [3.05, 3.63) is 77.4 Å². The van der Waals surface area contributed by atoms with E-state index in [1.807, 2.05) is 61.3 Å². The average Bonchev–Trinajstić information content (AvgIpc) is 3.08. The van der Waals surface area contributed by atoms with Crippen molar-refractivity contribution in [3.63, 3.8) is 0 Å². The number of benzene rings is 3. The molecule has 1 aliphatic rings. The highest BCUT2D eigenvalue weighted by Gasteiger charge is 2.22. The number of fused-ring (bicyclic) bond motifs is 1. The summed E-state index contributed by atoms with van der Waals surface area (Å²) in [6.45, 7) is 5.80. The molecule has 3 aromatic rings. The Morgan fingerprint density at radius 3 is 2.53 bits per heavy atom. The number of amides is 2. The molecule has 0 saturated carbocycles. The molecule has 0 radical (unpaired) electrons. The summed E-state index contributed by atoms with van der Waals surface area (Å²) < 4.78 is 5.30. The number of nitrogens with zero attached hydrogens (tertiary/aromatic N) is 3. The first kappa shape index (κ1) is 23.8. The Labute approximate surface area is 201 Å². The maximum atomic E-state index is 12.9. The Bertz CT molecular complexity index is 1180. The molecule has 0 bridgehead atoms. The van der Waals surface area contributed by atoms with Crippen molar-refractivity contribution in [2.45, 2.75) is 19.9 Å². The normalized spacial score (nSPS) is 14.6. The van der Waals surface area contributed by atoms with Crippen LogP contribution in [-0.4, -0.2) is 73.4 Å². The molecule has 2 amide bonds. The molecule has 1 aliphatic heterocycles. The highest BCUT2D eigenvalue weighted by molar-refractivity contribution is 5.94. The number of likely N-dealkylation sites (N-methyl/N-ethyl adjacent to an activating group) is 1. The maximum Gasteiger partial charge on any atom is 0.253 e. The topological polar surface area (TPSA) is 53.1 Å². The lowest BCUT2D eigenvalue weighted by Crippen LogP contribution is -2.40. The van der Waals surface area contributed by atoms with Gasteiger partial charge in [-0.05, 0) is 60.0 Å². The van der Waals surface area contributed by atoms with E-state index in [0.717, 1.165) is 52.7 Å². The highest BCUT2D eigenvalue weighted by atomic mass is 16.5. The van der Waals surface area contributed by atoms with Gasteiger partial charge in [0.05, 0.1) is 13.7 Å². The van der Waals surface area contributed by atoms with Gasteiger partial charge in [0.15, 0.2) is 0 Å². The van der Waals surface area contributed by atoms with E-state index >= 15 is 0 Å². The molecule has 0 atom stereocenters. The van der Waals surface area contributed by atoms with Crippen molar-refractivity contribution >= 4 is 22.6 Å². The molecule has 0 N–H and O–H groups in total. The number of hydrogen-bond acceptors (Lipinski definition) is 4. The van der Waals surface area contributed by atoms with Crippen LogP contribution in [0, 0.1) is 6.92 Å². The fourth-order valence-corrected chi connectivity index (χ4v) is 4.47. The zero-order chi connectivity index (χ0) is 24.1. The predicted molar refractivity (Wildman–Crippen MR) is 135 cm³/mol. The number of rotatable bonds is 6. The first-order chi connectivity index (χ1) is 16.4. The van der Waals surface area contributed by atoms with Crippen molar-refractivity contribution in [2.75, 3.05) is 46.9 Å². The fourth-order valence-electron chi connectivity index (χ4n) is 4.47. The van der Waals surface area contributed by atoms with Crippen LogP contribution in [0.1, 0.15) is 27.9 Å². The number of carbonyl (C=O) groups excluding carboxylic acids is 2.